The van der Waals surface area contributed by atoms with Gasteiger partial charge in [0.1, 0.15) is 0 Å². The van der Waals surface area contributed by atoms with Gasteiger partial charge in [-0.3, -0.25) is 29.9 Å². The third-order valence-electron chi connectivity index (χ3n) is 17.4. The molecule has 0 radical (unpaired) electrons. The van der Waals surface area contributed by atoms with E-state index >= 15 is 0 Å². The van der Waals surface area contributed by atoms with Crippen molar-refractivity contribution in [2.45, 2.75) is 38.9 Å². The van der Waals surface area contributed by atoms with E-state index in [1.54, 1.807) is 24.8 Å². The third-order valence-corrected chi connectivity index (χ3v) is 18.0. The van der Waals surface area contributed by atoms with Crippen molar-refractivity contribution in [2.75, 3.05) is 9.80 Å². The number of aromatic nitrogens is 6. The Hall–Kier alpha value is -10.2. The lowest BCUT2D eigenvalue weighted by molar-refractivity contribution is 0.00578. The summed E-state index contributed by atoms with van der Waals surface area (Å²) in [6.07, 6.45) is 18.2. The smallest absolute Gasteiger partial charge is 0.399 e. The SMILES string of the molecule is Brc1ccc(N(c2ccncc2)c2ccncc2)cc1.CC1(C)OB(c2ccc3ccc4c5ncccc5cc5ccc2c3c54)OC1(C)C.c1cnc2c(c1)cc1ccc3c(-c4ccc(N(c5ccncc5)c5ccncc5)cc4)ccc4ccc2c1c43. The molecule has 0 amide bonds. The van der Waals surface area contributed by atoms with Gasteiger partial charge >= 0.3 is 7.12 Å². The van der Waals surface area contributed by atoms with Gasteiger partial charge in [0.2, 0.25) is 0 Å². The van der Waals surface area contributed by atoms with E-state index in [0.717, 1.165) is 55.1 Å². The predicted octanol–water partition coefficient (Wildman–Crippen LogP) is 19.2. The number of rotatable bonds is 8. The van der Waals surface area contributed by atoms with Crippen LogP contribution in [0.5, 0.6) is 0 Å². The van der Waals surface area contributed by atoms with Gasteiger partial charge in [0, 0.05) is 122 Å². The molecule has 16 aromatic rings. The van der Waals surface area contributed by atoms with Crippen LogP contribution in [-0.2, 0) is 9.31 Å². The zero-order valence-corrected chi connectivity index (χ0v) is 50.3. The second-order valence-electron chi connectivity index (χ2n) is 23.1. The first-order chi connectivity index (χ1) is 43.0. The molecule has 0 atom stereocenters. The first kappa shape index (κ1) is 54.4. The van der Waals surface area contributed by atoms with Crippen molar-refractivity contribution >= 4 is 149 Å². The average Bonchev–Trinajstić information content (AvgIpc) is 0.873. The van der Waals surface area contributed by atoms with E-state index in [1.807, 2.05) is 110 Å². The van der Waals surface area contributed by atoms with Crippen LogP contribution in [0.2, 0.25) is 0 Å². The summed E-state index contributed by atoms with van der Waals surface area (Å²) >= 11 is 3.47. The second-order valence-corrected chi connectivity index (χ2v) is 24.0. The summed E-state index contributed by atoms with van der Waals surface area (Å²) in [5.74, 6) is 0. The maximum atomic E-state index is 6.38. The van der Waals surface area contributed by atoms with Crippen LogP contribution in [0.25, 0.3) is 97.6 Å². The van der Waals surface area contributed by atoms with E-state index < -0.39 is 0 Å². The number of anilines is 6. The maximum absolute atomic E-state index is 6.38. The summed E-state index contributed by atoms with van der Waals surface area (Å²) in [5.41, 5.74) is 11.3. The number of nitrogens with zero attached hydrogens (tertiary/aromatic N) is 8. The summed E-state index contributed by atoms with van der Waals surface area (Å²) < 4.78 is 13.8. The zero-order chi connectivity index (χ0) is 59.5. The van der Waals surface area contributed by atoms with Crippen LogP contribution in [0.3, 0.4) is 0 Å². The number of hydrogen-bond acceptors (Lipinski definition) is 10. The van der Waals surface area contributed by atoms with Gasteiger partial charge in [0.05, 0.1) is 22.2 Å². The average molecular weight is 1200 g/mol. The highest BCUT2D eigenvalue weighted by molar-refractivity contribution is 9.10. The number of hydrogen-bond donors (Lipinski definition) is 0. The number of halogens is 1. The molecule has 0 unspecified atom stereocenters. The largest absolute Gasteiger partial charge is 0.495 e. The van der Waals surface area contributed by atoms with Crippen LogP contribution < -0.4 is 15.3 Å². The van der Waals surface area contributed by atoms with Crippen molar-refractivity contribution in [1.29, 1.82) is 0 Å². The molecule has 0 spiro atoms. The van der Waals surface area contributed by atoms with Gasteiger partial charge < -0.3 is 19.1 Å². The van der Waals surface area contributed by atoms with E-state index in [9.17, 15) is 0 Å². The van der Waals surface area contributed by atoms with Crippen LogP contribution in [0.15, 0.2) is 273 Å². The van der Waals surface area contributed by atoms with Crippen LogP contribution in [-0.4, -0.2) is 48.2 Å². The molecule has 17 rings (SSSR count). The quantitative estimate of drug-likeness (QED) is 0.0830. The minimum absolute atomic E-state index is 0.359. The molecule has 1 aliphatic heterocycles. The third kappa shape index (κ3) is 9.72. The standard InChI is InChI=1S/C35H22N4.C25H22BNO2.C16H12BrN3/c1-2-26-22-25-7-11-31-30(10-5-24-6-12-32(34(25)33(24)31)35(26)38-17-1)23-3-8-27(9-4-23)39(28-13-18-36-19-14-28)29-15-20-37-21-16-29;1-24(2)25(3,4)29-26(28-24)20-12-9-15-7-11-19-22-16(8-10-18(20)21(15)22)14-17-6-5-13-27-23(17)19;17-13-1-3-14(4-2-13)20(15-5-9-18-10-6-15)16-7-11-19-12-8-16/h1-22H;5-14H,1-4H3;1-12H. The molecule has 0 N–H and O–H groups in total. The minimum Gasteiger partial charge on any atom is -0.399 e. The second kappa shape index (κ2) is 22.2. The molecule has 6 aromatic heterocycles. The molecule has 10 aromatic carbocycles. The summed E-state index contributed by atoms with van der Waals surface area (Å²) in [7, 11) is -0.376. The normalized spacial score (nSPS) is 13.6. The van der Waals surface area contributed by atoms with Gasteiger partial charge in [-0.25, -0.2) is 0 Å². The van der Waals surface area contributed by atoms with E-state index in [1.165, 1.54) is 86.5 Å². The van der Waals surface area contributed by atoms with E-state index in [-0.39, 0.29) is 18.3 Å². The summed E-state index contributed by atoms with van der Waals surface area (Å²) in [6, 6.07) is 72.5. The fourth-order valence-corrected chi connectivity index (χ4v) is 12.8. The monoisotopic (exact) mass is 1200 g/mol. The van der Waals surface area contributed by atoms with E-state index in [4.69, 9.17) is 14.3 Å². The Morgan fingerprint density at radius 1 is 0.341 bits per heavy atom. The fraction of sp³-hybridized carbons (Fsp3) is 0.0789. The molecule has 1 saturated heterocycles. The Morgan fingerprint density at radius 3 is 1.17 bits per heavy atom. The van der Waals surface area contributed by atoms with Gasteiger partial charge in [0.15, 0.2) is 0 Å². The Bertz CT molecular complexity index is 5090. The fourth-order valence-electron chi connectivity index (χ4n) is 12.5. The van der Waals surface area contributed by atoms with E-state index in [0.29, 0.717) is 0 Å². The summed E-state index contributed by atoms with van der Waals surface area (Å²) in [6.45, 7) is 8.39. The van der Waals surface area contributed by atoms with Crippen molar-refractivity contribution < 1.29 is 9.31 Å². The predicted molar refractivity (Wildman–Crippen MR) is 367 cm³/mol. The van der Waals surface area contributed by atoms with Gasteiger partial charge in [-0.2, -0.15) is 0 Å². The van der Waals surface area contributed by atoms with Crippen LogP contribution >= 0.6 is 15.9 Å². The van der Waals surface area contributed by atoms with Gasteiger partial charge in [0.25, 0.3) is 0 Å². The highest BCUT2D eigenvalue weighted by Gasteiger charge is 2.52. The molecule has 1 fully saturated rings. The van der Waals surface area contributed by atoms with Crippen molar-refractivity contribution in [3.63, 3.8) is 0 Å². The van der Waals surface area contributed by atoms with Crippen molar-refractivity contribution in [2.24, 2.45) is 0 Å². The van der Waals surface area contributed by atoms with Crippen molar-refractivity contribution in [1.82, 2.24) is 29.9 Å². The first-order valence-corrected chi connectivity index (χ1v) is 30.2. The topological polar surface area (TPSA) is 102 Å². The van der Waals surface area contributed by atoms with Gasteiger partial charge in [-0.05, 0) is 207 Å². The summed E-state index contributed by atoms with van der Waals surface area (Å²) in [5, 5.41) is 17.3. The molecule has 12 heteroatoms. The first-order valence-electron chi connectivity index (χ1n) is 29.4. The highest BCUT2D eigenvalue weighted by atomic mass is 79.9. The van der Waals surface area contributed by atoms with Crippen LogP contribution in [0.1, 0.15) is 27.7 Å². The number of pyridine rings is 6. The Balaban J connectivity index is 0.000000117. The Kier molecular flexibility index (Phi) is 13.8. The molecule has 0 aliphatic carbocycles. The minimum atomic E-state index is -0.376. The maximum Gasteiger partial charge on any atom is 0.495 e. The molecule has 1 aliphatic rings. The molecule has 88 heavy (non-hydrogen) atoms. The lowest BCUT2D eigenvalue weighted by atomic mass is 9.74. The lowest BCUT2D eigenvalue weighted by Crippen LogP contribution is -2.41. The molecular formula is C76H56BBrN8O2. The molecule has 422 valence electrons. The highest BCUT2D eigenvalue weighted by Crippen LogP contribution is 2.44. The van der Waals surface area contributed by atoms with Crippen molar-refractivity contribution in [3.05, 3.63) is 273 Å². The molecular weight excluding hydrogens is 1150 g/mol. The zero-order valence-electron chi connectivity index (χ0n) is 48.8. The molecule has 7 heterocycles. The Morgan fingerprint density at radius 2 is 0.705 bits per heavy atom. The Labute approximate surface area is 517 Å². The lowest BCUT2D eigenvalue weighted by Gasteiger charge is -2.32. The van der Waals surface area contributed by atoms with E-state index in [2.05, 4.69) is 212 Å². The van der Waals surface area contributed by atoms with Crippen molar-refractivity contribution in [3.8, 4) is 11.1 Å². The van der Waals surface area contributed by atoms with Gasteiger partial charge in [-0.1, -0.05) is 113 Å². The molecule has 10 nitrogen and oxygen atoms in total. The van der Waals surface area contributed by atoms with Crippen LogP contribution in [0.4, 0.5) is 34.1 Å². The molecule has 0 saturated carbocycles. The number of benzene rings is 10. The number of fused-ring (bicyclic) bond motifs is 4. The van der Waals surface area contributed by atoms with Gasteiger partial charge in [-0.15, -0.1) is 0 Å². The van der Waals surface area contributed by atoms with Crippen LogP contribution in [0, 0.1) is 0 Å². The summed E-state index contributed by atoms with van der Waals surface area (Å²) in [4.78, 5) is 30.4. The molecule has 0 bridgehead atoms.